The van der Waals surface area contributed by atoms with E-state index in [0.717, 1.165) is 25.8 Å². The van der Waals surface area contributed by atoms with E-state index in [-0.39, 0.29) is 0 Å². The van der Waals surface area contributed by atoms with Gasteiger partial charge in [0.2, 0.25) is 5.88 Å². The zero-order valence-corrected chi connectivity index (χ0v) is 12.6. The van der Waals surface area contributed by atoms with Crippen LogP contribution in [-0.4, -0.2) is 47.2 Å². The van der Waals surface area contributed by atoms with E-state index in [4.69, 9.17) is 10.5 Å². The summed E-state index contributed by atoms with van der Waals surface area (Å²) in [5.41, 5.74) is 6.59. The quantitative estimate of drug-likeness (QED) is 0.855. The largest absolute Gasteiger partial charge is 0.476 e. The molecule has 2 unspecified atom stereocenters. The van der Waals surface area contributed by atoms with Gasteiger partial charge < -0.3 is 20.7 Å². The summed E-state index contributed by atoms with van der Waals surface area (Å²) in [6.45, 7) is 6.00. The molecule has 1 aromatic heterocycles. The van der Waals surface area contributed by atoms with Gasteiger partial charge in [-0.15, -0.1) is 0 Å². The first-order chi connectivity index (χ1) is 9.61. The first-order valence-corrected chi connectivity index (χ1v) is 7.31. The lowest BCUT2D eigenvalue weighted by Crippen LogP contribution is -2.42. The van der Waals surface area contributed by atoms with E-state index in [2.05, 4.69) is 41.1 Å². The monoisotopic (exact) mass is 279 g/mol. The average molecular weight is 279 g/mol. The highest BCUT2D eigenvalue weighted by molar-refractivity contribution is 5.66. The minimum absolute atomic E-state index is 0.400. The molecule has 0 amide bonds. The Kier molecular flexibility index (Phi) is 5.00. The van der Waals surface area contributed by atoms with Crippen LogP contribution in [-0.2, 0) is 0 Å². The Hall–Kier alpha value is -1.56. The van der Waals surface area contributed by atoms with Gasteiger partial charge in [0.15, 0.2) is 5.82 Å². The van der Waals surface area contributed by atoms with Crippen molar-refractivity contribution >= 4 is 11.5 Å². The molecule has 1 aliphatic rings. The minimum Gasteiger partial charge on any atom is -0.476 e. The van der Waals surface area contributed by atoms with Gasteiger partial charge >= 0.3 is 0 Å². The van der Waals surface area contributed by atoms with Crippen LogP contribution in [0.5, 0.6) is 5.88 Å². The van der Waals surface area contributed by atoms with Crippen molar-refractivity contribution in [1.29, 1.82) is 0 Å². The van der Waals surface area contributed by atoms with Gasteiger partial charge in [0.25, 0.3) is 0 Å². The Morgan fingerprint density at radius 2 is 2.30 bits per heavy atom. The van der Waals surface area contributed by atoms with E-state index in [1.54, 1.807) is 0 Å². The van der Waals surface area contributed by atoms with Crippen LogP contribution >= 0.6 is 0 Å². The Morgan fingerprint density at radius 3 is 3.00 bits per heavy atom. The summed E-state index contributed by atoms with van der Waals surface area (Å²) in [7, 11) is 2.16. The van der Waals surface area contributed by atoms with Crippen molar-refractivity contribution in [2.75, 3.05) is 31.2 Å². The number of nitrogens with zero attached hydrogens (tertiary/aromatic N) is 3. The molecule has 6 nitrogen and oxygen atoms in total. The van der Waals surface area contributed by atoms with E-state index in [9.17, 15) is 0 Å². The molecular formula is C14H25N5O. The summed E-state index contributed by atoms with van der Waals surface area (Å²) < 4.78 is 5.53. The van der Waals surface area contributed by atoms with Crippen LogP contribution in [0.25, 0.3) is 0 Å². The molecule has 20 heavy (non-hydrogen) atoms. The van der Waals surface area contributed by atoms with E-state index >= 15 is 0 Å². The summed E-state index contributed by atoms with van der Waals surface area (Å²) in [4.78, 5) is 10.7. The zero-order valence-electron chi connectivity index (χ0n) is 12.6. The van der Waals surface area contributed by atoms with Crippen LogP contribution in [0.1, 0.15) is 33.1 Å². The van der Waals surface area contributed by atoms with Gasteiger partial charge in [-0.05, 0) is 33.2 Å². The first kappa shape index (κ1) is 14.8. The number of hydrogen-bond donors (Lipinski definition) is 2. The first-order valence-electron chi connectivity index (χ1n) is 7.31. The third-order valence-electron chi connectivity index (χ3n) is 3.84. The Morgan fingerprint density at radius 1 is 1.50 bits per heavy atom. The number of nitrogens with one attached hydrogen (secondary N) is 1. The molecule has 2 rings (SSSR count). The smallest absolute Gasteiger partial charge is 0.242 e. The van der Waals surface area contributed by atoms with Crippen molar-refractivity contribution in [3.63, 3.8) is 0 Å². The second-order valence-corrected chi connectivity index (χ2v) is 5.48. The topological polar surface area (TPSA) is 76.3 Å². The van der Waals surface area contributed by atoms with Crippen molar-refractivity contribution in [3.05, 3.63) is 6.33 Å². The maximum absolute atomic E-state index is 6.08. The summed E-state index contributed by atoms with van der Waals surface area (Å²) in [6, 6.07) is 0.970. The van der Waals surface area contributed by atoms with Gasteiger partial charge in [-0.1, -0.05) is 6.92 Å². The van der Waals surface area contributed by atoms with Gasteiger partial charge in [-0.25, -0.2) is 4.98 Å². The predicted octanol–water partition coefficient (Wildman–Crippen LogP) is 1.74. The minimum atomic E-state index is 0.400. The van der Waals surface area contributed by atoms with Crippen molar-refractivity contribution < 1.29 is 4.74 Å². The molecule has 0 saturated carbocycles. The molecule has 1 aliphatic heterocycles. The van der Waals surface area contributed by atoms with Crippen LogP contribution in [0.2, 0.25) is 0 Å². The highest BCUT2D eigenvalue weighted by atomic mass is 16.5. The lowest BCUT2D eigenvalue weighted by atomic mass is 9.99. The molecule has 1 fully saturated rings. The van der Waals surface area contributed by atoms with Crippen molar-refractivity contribution in [3.8, 4) is 5.88 Å². The normalized spacial score (nSPS) is 23.6. The Labute approximate surface area is 120 Å². The van der Waals surface area contributed by atoms with Crippen LogP contribution in [0, 0.1) is 0 Å². The van der Waals surface area contributed by atoms with Crippen molar-refractivity contribution in [1.82, 2.24) is 14.9 Å². The Balaban J connectivity index is 2.02. The molecular weight excluding hydrogens is 254 g/mol. The molecule has 1 aromatic rings. The zero-order chi connectivity index (χ0) is 14.5. The SMILES string of the molecule is CCCOc1ncnc(NC2CCN(C)C(C)C2)c1N. The highest BCUT2D eigenvalue weighted by Crippen LogP contribution is 2.27. The van der Waals surface area contributed by atoms with E-state index in [1.807, 2.05) is 0 Å². The molecule has 112 valence electrons. The molecule has 0 bridgehead atoms. The summed E-state index contributed by atoms with van der Waals surface area (Å²) in [5, 5.41) is 3.43. The van der Waals surface area contributed by atoms with Crippen LogP contribution in [0.3, 0.4) is 0 Å². The number of aromatic nitrogens is 2. The number of nitrogen functional groups attached to an aromatic ring is 1. The van der Waals surface area contributed by atoms with Crippen LogP contribution in [0.15, 0.2) is 6.33 Å². The fourth-order valence-electron chi connectivity index (χ4n) is 2.42. The number of piperidine rings is 1. The number of ether oxygens (including phenoxy) is 1. The number of rotatable bonds is 5. The summed E-state index contributed by atoms with van der Waals surface area (Å²) >= 11 is 0. The number of anilines is 2. The molecule has 0 spiro atoms. The second kappa shape index (κ2) is 6.74. The number of nitrogens with two attached hydrogens (primary N) is 1. The Bertz CT molecular complexity index is 440. The lowest BCUT2D eigenvalue weighted by Gasteiger charge is -2.35. The standard InChI is InChI=1S/C14H25N5O/c1-4-7-20-14-12(15)13(16-9-17-14)18-11-5-6-19(3)10(2)8-11/h9-11H,4-8,15H2,1-3H3,(H,16,17,18). The molecule has 0 aromatic carbocycles. The third-order valence-corrected chi connectivity index (χ3v) is 3.84. The number of hydrogen-bond acceptors (Lipinski definition) is 6. The van der Waals surface area contributed by atoms with Crippen molar-refractivity contribution in [2.45, 2.75) is 45.2 Å². The van der Waals surface area contributed by atoms with Gasteiger partial charge in [0.1, 0.15) is 12.0 Å². The maximum atomic E-state index is 6.08. The number of likely N-dealkylation sites (tertiary alicyclic amines) is 1. The van der Waals surface area contributed by atoms with E-state index in [1.165, 1.54) is 6.33 Å². The van der Waals surface area contributed by atoms with E-state index < -0.39 is 0 Å². The molecule has 0 radical (unpaired) electrons. The summed E-state index contributed by atoms with van der Waals surface area (Å²) in [5.74, 6) is 1.16. The van der Waals surface area contributed by atoms with Gasteiger partial charge in [0.05, 0.1) is 6.61 Å². The molecule has 6 heteroatoms. The summed E-state index contributed by atoms with van der Waals surface area (Å²) in [6.07, 6.45) is 4.61. The second-order valence-electron chi connectivity index (χ2n) is 5.48. The third kappa shape index (κ3) is 3.50. The van der Waals surface area contributed by atoms with Crippen molar-refractivity contribution in [2.24, 2.45) is 0 Å². The van der Waals surface area contributed by atoms with Gasteiger partial charge in [-0.3, -0.25) is 0 Å². The predicted molar refractivity (Wildman–Crippen MR) is 81.0 cm³/mol. The maximum Gasteiger partial charge on any atom is 0.242 e. The molecule has 0 aliphatic carbocycles. The highest BCUT2D eigenvalue weighted by Gasteiger charge is 2.23. The molecule has 1 saturated heterocycles. The average Bonchev–Trinajstić information content (AvgIpc) is 2.44. The van der Waals surface area contributed by atoms with Crippen LogP contribution in [0.4, 0.5) is 11.5 Å². The molecule has 3 N–H and O–H groups in total. The van der Waals surface area contributed by atoms with E-state index in [0.29, 0.717) is 36.1 Å². The fourth-order valence-corrected chi connectivity index (χ4v) is 2.42. The fraction of sp³-hybridized carbons (Fsp3) is 0.714. The van der Waals surface area contributed by atoms with Crippen LogP contribution < -0.4 is 15.8 Å². The van der Waals surface area contributed by atoms with Gasteiger partial charge in [-0.2, -0.15) is 4.98 Å². The molecule has 2 atom stereocenters. The van der Waals surface area contributed by atoms with Gasteiger partial charge in [0, 0.05) is 18.6 Å². The molecule has 2 heterocycles. The lowest BCUT2D eigenvalue weighted by molar-refractivity contribution is 0.190.